The lowest BCUT2D eigenvalue weighted by Crippen LogP contribution is -2.20. The number of hydrogen-bond donors (Lipinski definition) is 1. The maximum absolute atomic E-state index is 11.5. The van der Waals surface area contributed by atoms with Crippen molar-refractivity contribution in [1.29, 1.82) is 0 Å². The van der Waals surface area contributed by atoms with Gasteiger partial charge in [0.2, 0.25) is 5.91 Å². The maximum atomic E-state index is 11.5. The van der Waals surface area contributed by atoms with E-state index in [2.05, 4.69) is 42.0 Å². The average molecular weight is 319 g/mol. The number of amides is 1. The van der Waals surface area contributed by atoms with Crippen LogP contribution in [0.5, 0.6) is 0 Å². The van der Waals surface area contributed by atoms with Crippen LogP contribution in [0.25, 0.3) is 0 Å². The molecule has 1 N–H and O–H groups in total. The van der Waals surface area contributed by atoms with Gasteiger partial charge in [0.25, 0.3) is 0 Å². The van der Waals surface area contributed by atoms with Gasteiger partial charge in [-0.25, -0.2) is 0 Å². The Hall–Kier alpha value is -0.540. The molecule has 1 aromatic rings. The molecule has 1 rings (SSSR count). The van der Waals surface area contributed by atoms with Crippen LogP contribution in [0, 0.1) is 6.92 Å². The standard InChI is InChI=1S/C13H17BrClNO/c1-8-10(15)6-5-9(13(2,3)4)12(8)16-11(17)7-14/h5-6H,7H2,1-4H3,(H,16,17). The van der Waals surface area contributed by atoms with Crippen molar-refractivity contribution < 1.29 is 4.79 Å². The lowest BCUT2D eigenvalue weighted by molar-refractivity contribution is -0.113. The van der Waals surface area contributed by atoms with Gasteiger partial charge in [-0.2, -0.15) is 0 Å². The fourth-order valence-electron chi connectivity index (χ4n) is 1.65. The molecule has 0 atom stereocenters. The van der Waals surface area contributed by atoms with Gasteiger partial charge in [0, 0.05) is 10.7 Å². The van der Waals surface area contributed by atoms with E-state index in [1.165, 1.54) is 0 Å². The second kappa shape index (κ2) is 5.40. The molecule has 0 heterocycles. The van der Waals surface area contributed by atoms with Gasteiger partial charge in [0.1, 0.15) is 0 Å². The lowest BCUT2D eigenvalue weighted by Gasteiger charge is -2.25. The number of rotatable bonds is 2. The van der Waals surface area contributed by atoms with Crippen LogP contribution in [-0.2, 0) is 10.2 Å². The molecule has 1 amide bonds. The fourth-order valence-corrected chi connectivity index (χ4v) is 1.94. The Morgan fingerprint density at radius 2 is 2.00 bits per heavy atom. The molecule has 0 spiro atoms. The maximum Gasteiger partial charge on any atom is 0.235 e. The van der Waals surface area contributed by atoms with E-state index in [9.17, 15) is 4.79 Å². The topological polar surface area (TPSA) is 29.1 Å². The minimum atomic E-state index is -0.0686. The van der Waals surface area contributed by atoms with Gasteiger partial charge in [-0.15, -0.1) is 0 Å². The Morgan fingerprint density at radius 3 is 2.47 bits per heavy atom. The number of halogens is 2. The number of carbonyl (C=O) groups excluding carboxylic acids is 1. The van der Waals surface area contributed by atoms with Crippen molar-refractivity contribution in [2.45, 2.75) is 33.1 Å². The number of benzene rings is 1. The van der Waals surface area contributed by atoms with E-state index >= 15 is 0 Å². The third-order valence-electron chi connectivity index (χ3n) is 2.59. The molecule has 0 bridgehead atoms. The van der Waals surface area contributed by atoms with E-state index in [4.69, 9.17) is 11.6 Å². The third-order valence-corrected chi connectivity index (χ3v) is 3.51. The molecular weight excluding hydrogens is 302 g/mol. The van der Waals surface area contributed by atoms with Crippen molar-refractivity contribution in [2.75, 3.05) is 10.6 Å². The highest BCUT2D eigenvalue weighted by Gasteiger charge is 2.21. The molecule has 0 aliphatic carbocycles. The van der Waals surface area contributed by atoms with Crippen molar-refractivity contribution in [1.82, 2.24) is 0 Å². The second-order valence-corrected chi connectivity index (χ2v) is 5.99. The summed E-state index contributed by atoms with van der Waals surface area (Å²) in [6, 6.07) is 3.85. The molecule has 0 saturated carbocycles. The number of anilines is 1. The van der Waals surface area contributed by atoms with Crippen LogP contribution in [-0.4, -0.2) is 11.2 Å². The lowest BCUT2D eigenvalue weighted by atomic mass is 9.84. The number of alkyl halides is 1. The largest absolute Gasteiger partial charge is 0.325 e. The molecule has 0 aliphatic heterocycles. The Balaban J connectivity index is 3.32. The summed E-state index contributed by atoms with van der Waals surface area (Å²) in [4.78, 5) is 11.5. The monoisotopic (exact) mass is 317 g/mol. The van der Waals surface area contributed by atoms with Crippen LogP contribution in [0.15, 0.2) is 12.1 Å². The van der Waals surface area contributed by atoms with Gasteiger partial charge in [0.15, 0.2) is 0 Å². The Kier molecular flexibility index (Phi) is 4.62. The van der Waals surface area contributed by atoms with Crippen LogP contribution in [0.4, 0.5) is 5.69 Å². The van der Waals surface area contributed by atoms with Gasteiger partial charge in [-0.05, 0) is 29.5 Å². The average Bonchev–Trinajstić information content (AvgIpc) is 2.22. The van der Waals surface area contributed by atoms with Gasteiger partial charge >= 0.3 is 0 Å². The predicted molar refractivity (Wildman–Crippen MR) is 77.3 cm³/mol. The summed E-state index contributed by atoms with van der Waals surface area (Å²) in [5.74, 6) is -0.0686. The molecule has 2 nitrogen and oxygen atoms in total. The van der Waals surface area contributed by atoms with Gasteiger partial charge in [-0.1, -0.05) is 54.4 Å². The molecule has 4 heteroatoms. The first-order valence-corrected chi connectivity index (χ1v) is 6.92. The molecule has 94 valence electrons. The van der Waals surface area contributed by atoms with Crippen molar-refractivity contribution >= 4 is 39.1 Å². The van der Waals surface area contributed by atoms with Crippen molar-refractivity contribution in [3.63, 3.8) is 0 Å². The van der Waals surface area contributed by atoms with E-state index in [1.807, 2.05) is 19.1 Å². The smallest absolute Gasteiger partial charge is 0.235 e. The molecule has 0 saturated heterocycles. The van der Waals surface area contributed by atoms with Crippen LogP contribution < -0.4 is 5.32 Å². The summed E-state index contributed by atoms with van der Waals surface area (Å²) in [6.45, 7) is 8.25. The Morgan fingerprint density at radius 1 is 1.41 bits per heavy atom. The highest BCUT2D eigenvalue weighted by molar-refractivity contribution is 9.09. The SMILES string of the molecule is Cc1c(Cl)ccc(C(C)(C)C)c1NC(=O)CBr. The number of hydrogen-bond acceptors (Lipinski definition) is 1. The van der Waals surface area contributed by atoms with Crippen LogP contribution in [0.1, 0.15) is 31.9 Å². The quantitative estimate of drug-likeness (QED) is 0.810. The minimum absolute atomic E-state index is 0.0374. The Labute approximate surface area is 116 Å². The van der Waals surface area contributed by atoms with Crippen LogP contribution >= 0.6 is 27.5 Å². The molecular formula is C13H17BrClNO. The molecule has 0 radical (unpaired) electrons. The second-order valence-electron chi connectivity index (χ2n) is 5.03. The molecule has 17 heavy (non-hydrogen) atoms. The van der Waals surface area contributed by atoms with Crippen molar-refractivity contribution in [2.24, 2.45) is 0 Å². The first-order chi connectivity index (χ1) is 7.77. The van der Waals surface area contributed by atoms with Crippen LogP contribution in [0.3, 0.4) is 0 Å². The zero-order valence-corrected chi connectivity index (χ0v) is 12.9. The van der Waals surface area contributed by atoms with Crippen LogP contribution in [0.2, 0.25) is 5.02 Å². The predicted octanol–water partition coefficient (Wildman–Crippen LogP) is 4.28. The summed E-state index contributed by atoms with van der Waals surface area (Å²) >= 11 is 9.24. The highest BCUT2D eigenvalue weighted by Crippen LogP contribution is 2.35. The van der Waals surface area contributed by atoms with Crippen molar-refractivity contribution in [3.8, 4) is 0 Å². The number of carbonyl (C=O) groups is 1. The number of nitrogens with one attached hydrogen (secondary N) is 1. The zero-order chi connectivity index (χ0) is 13.2. The van der Waals surface area contributed by atoms with Gasteiger partial charge in [-0.3, -0.25) is 4.79 Å². The molecule has 1 aromatic carbocycles. The van der Waals surface area contributed by atoms with E-state index in [-0.39, 0.29) is 16.7 Å². The zero-order valence-electron chi connectivity index (χ0n) is 10.5. The molecule has 0 unspecified atom stereocenters. The summed E-state index contributed by atoms with van der Waals surface area (Å²) in [5, 5.41) is 3.86. The molecule has 0 aromatic heterocycles. The fraction of sp³-hybridized carbons (Fsp3) is 0.462. The normalized spacial score (nSPS) is 11.4. The summed E-state index contributed by atoms with van der Waals surface area (Å²) < 4.78 is 0. The third kappa shape index (κ3) is 3.46. The van der Waals surface area contributed by atoms with E-state index in [0.29, 0.717) is 5.02 Å². The highest BCUT2D eigenvalue weighted by atomic mass is 79.9. The Bertz CT molecular complexity index is 438. The first kappa shape index (κ1) is 14.5. The summed E-state index contributed by atoms with van der Waals surface area (Å²) in [7, 11) is 0. The summed E-state index contributed by atoms with van der Waals surface area (Å²) in [5.41, 5.74) is 2.79. The van der Waals surface area contributed by atoms with E-state index in [0.717, 1.165) is 16.8 Å². The first-order valence-electron chi connectivity index (χ1n) is 5.42. The minimum Gasteiger partial charge on any atom is -0.325 e. The molecule has 0 fully saturated rings. The van der Waals surface area contributed by atoms with E-state index in [1.54, 1.807) is 0 Å². The van der Waals surface area contributed by atoms with Crippen molar-refractivity contribution in [3.05, 3.63) is 28.3 Å². The van der Waals surface area contributed by atoms with E-state index < -0.39 is 0 Å². The van der Waals surface area contributed by atoms with Gasteiger partial charge < -0.3 is 5.32 Å². The van der Waals surface area contributed by atoms with Gasteiger partial charge in [0.05, 0.1) is 5.33 Å². The summed E-state index contributed by atoms with van der Waals surface area (Å²) in [6.07, 6.45) is 0. The molecule has 0 aliphatic rings.